The largest absolute Gasteiger partial charge is 0.264 e. The van der Waals surface area contributed by atoms with Gasteiger partial charge < -0.3 is 0 Å². The van der Waals surface area contributed by atoms with Gasteiger partial charge in [-0.25, -0.2) is 9.97 Å². The zero-order chi connectivity index (χ0) is 34.4. The van der Waals surface area contributed by atoms with Crippen molar-refractivity contribution >= 4 is 0 Å². The number of fused-ring (bicyclic) bond motifs is 3. The minimum Gasteiger partial charge on any atom is -0.264 e. The van der Waals surface area contributed by atoms with Crippen LogP contribution < -0.4 is 0 Å². The Kier molecular flexibility index (Phi) is 7.48. The van der Waals surface area contributed by atoms with Gasteiger partial charge in [0, 0.05) is 34.5 Å². The Balaban J connectivity index is 1.04. The summed E-state index contributed by atoms with van der Waals surface area (Å²) in [5.41, 5.74) is 17.3. The Bertz CT molecular complexity index is 2520. The highest BCUT2D eigenvalue weighted by atomic mass is 14.9. The molecule has 0 unspecified atom stereocenters. The maximum Gasteiger partial charge on any atom is 0.160 e. The summed E-state index contributed by atoms with van der Waals surface area (Å²) >= 11 is 0. The fourth-order valence-corrected chi connectivity index (χ4v) is 7.42. The Hall–Kier alpha value is -6.45. The van der Waals surface area contributed by atoms with Crippen LogP contribution >= 0.6 is 0 Å². The van der Waals surface area contributed by atoms with Crippen LogP contribution in [0.3, 0.4) is 0 Å². The van der Waals surface area contributed by atoms with E-state index >= 15 is 0 Å². The van der Waals surface area contributed by atoms with E-state index in [1.165, 1.54) is 38.9 Å². The average molecular weight is 654 g/mol. The number of hydrogen-bond donors (Lipinski definition) is 0. The Morgan fingerprint density at radius 3 is 1.59 bits per heavy atom. The first kappa shape index (κ1) is 30.6. The molecule has 242 valence electrons. The van der Waals surface area contributed by atoms with E-state index in [1.807, 2.05) is 30.5 Å². The van der Waals surface area contributed by atoms with Gasteiger partial charge >= 0.3 is 0 Å². The van der Waals surface area contributed by atoms with Crippen molar-refractivity contribution in [2.24, 2.45) is 0 Å². The fourth-order valence-electron chi connectivity index (χ4n) is 7.42. The summed E-state index contributed by atoms with van der Waals surface area (Å²) in [4.78, 5) is 14.4. The van der Waals surface area contributed by atoms with Gasteiger partial charge in [0.25, 0.3) is 0 Å². The lowest BCUT2D eigenvalue weighted by molar-refractivity contribution is 0.660. The Morgan fingerprint density at radius 2 is 0.902 bits per heavy atom. The molecule has 0 atom stereocenters. The van der Waals surface area contributed by atoms with Crippen molar-refractivity contribution in [1.29, 1.82) is 0 Å². The first-order valence-electron chi connectivity index (χ1n) is 17.4. The number of benzene rings is 6. The van der Waals surface area contributed by atoms with Gasteiger partial charge in [0.05, 0.1) is 11.4 Å². The number of aromatic nitrogens is 3. The summed E-state index contributed by atoms with van der Waals surface area (Å²) in [5.74, 6) is 0.705. The van der Waals surface area contributed by atoms with Crippen molar-refractivity contribution in [2.75, 3.05) is 0 Å². The van der Waals surface area contributed by atoms with Crippen LogP contribution in [0.4, 0.5) is 0 Å². The Labute approximate surface area is 299 Å². The smallest absolute Gasteiger partial charge is 0.160 e. The molecule has 9 rings (SSSR count). The van der Waals surface area contributed by atoms with Crippen LogP contribution in [0.1, 0.15) is 25.0 Å². The highest BCUT2D eigenvalue weighted by Gasteiger charge is 2.35. The molecule has 6 aromatic carbocycles. The van der Waals surface area contributed by atoms with Gasteiger partial charge in [-0.05, 0) is 79.9 Å². The van der Waals surface area contributed by atoms with Crippen molar-refractivity contribution in [3.63, 3.8) is 0 Å². The van der Waals surface area contributed by atoms with Gasteiger partial charge in [0.1, 0.15) is 0 Å². The second-order valence-electron chi connectivity index (χ2n) is 13.7. The molecule has 0 amide bonds. The number of hydrogen-bond acceptors (Lipinski definition) is 3. The summed E-state index contributed by atoms with van der Waals surface area (Å²) in [6.45, 7) is 4.67. The molecule has 2 heterocycles. The topological polar surface area (TPSA) is 38.7 Å². The van der Waals surface area contributed by atoms with Crippen molar-refractivity contribution in [2.45, 2.75) is 19.3 Å². The molecular weight excluding hydrogens is 619 g/mol. The second-order valence-corrected chi connectivity index (χ2v) is 13.7. The lowest BCUT2D eigenvalue weighted by atomic mass is 9.81. The summed E-state index contributed by atoms with van der Waals surface area (Å²) in [5, 5.41) is 0. The number of nitrogens with zero attached hydrogens (tertiary/aromatic N) is 3. The van der Waals surface area contributed by atoms with E-state index < -0.39 is 0 Å². The monoisotopic (exact) mass is 653 g/mol. The summed E-state index contributed by atoms with van der Waals surface area (Å²) < 4.78 is 0. The molecule has 0 saturated carbocycles. The van der Waals surface area contributed by atoms with Crippen LogP contribution in [0.2, 0.25) is 0 Å². The molecule has 51 heavy (non-hydrogen) atoms. The molecule has 0 saturated heterocycles. The van der Waals surface area contributed by atoms with Crippen LogP contribution in [0.25, 0.3) is 78.4 Å². The first-order valence-corrected chi connectivity index (χ1v) is 17.4. The predicted octanol–water partition coefficient (Wildman–Crippen LogP) is 12.2. The second kappa shape index (κ2) is 12.5. The average Bonchev–Trinajstić information content (AvgIpc) is 3.44. The molecule has 3 nitrogen and oxygen atoms in total. The third-order valence-electron chi connectivity index (χ3n) is 10.2. The van der Waals surface area contributed by atoms with Crippen LogP contribution in [0.15, 0.2) is 176 Å². The van der Waals surface area contributed by atoms with E-state index in [-0.39, 0.29) is 5.41 Å². The molecular formula is C48H35N3. The van der Waals surface area contributed by atoms with Crippen LogP contribution in [-0.4, -0.2) is 15.0 Å². The van der Waals surface area contributed by atoms with Gasteiger partial charge in [-0.1, -0.05) is 153 Å². The molecule has 0 bridgehead atoms. The third-order valence-corrected chi connectivity index (χ3v) is 10.2. The van der Waals surface area contributed by atoms with E-state index in [0.29, 0.717) is 5.82 Å². The van der Waals surface area contributed by atoms with Gasteiger partial charge in [-0.3, -0.25) is 4.98 Å². The number of rotatable bonds is 6. The lowest BCUT2D eigenvalue weighted by Gasteiger charge is -2.22. The zero-order valence-corrected chi connectivity index (χ0v) is 28.6. The van der Waals surface area contributed by atoms with Gasteiger partial charge in [-0.15, -0.1) is 0 Å². The molecule has 0 aliphatic heterocycles. The van der Waals surface area contributed by atoms with E-state index in [4.69, 9.17) is 9.97 Å². The molecule has 0 spiro atoms. The van der Waals surface area contributed by atoms with E-state index in [1.54, 1.807) is 6.20 Å². The van der Waals surface area contributed by atoms with E-state index in [0.717, 1.165) is 44.8 Å². The fraction of sp³-hybridized carbons (Fsp3) is 0.0625. The molecule has 0 fully saturated rings. The molecule has 2 aromatic heterocycles. The van der Waals surface area contributed by atoms with Crippen molar-refractivity contribution in [3.05, 3.63) is 187 Å². The molecule has 1 aliphatic carbocycles. The Morgan fingerprint density at radius 1 is 0.373 bits per heavy atom. The van der Waals surface area contributed by atoms with Crippen molar-refractivity contribution < 1.29 is 0 Å². The van der Waals surface area contributed by atoms with E-state index in [2.05, 4.69) is 158 Å². The van der Waals surface area contributed by atoms with Gasteiger partial charge in [0.15, 0.2) is 5.82 Å². The predicted molar refractivity (Wildman–Crippen MR) is 210 cm³/mol. The highest BCUT2D eigenvalue weighted by Crippen LogP contribution is 2.49. The summed E-state index contributed by atoms with van der Waals surface area (Å²) in [6.07, 6.45) is 3.68. The van der Waals surface area contributed by atoms with Crippen molar-refractivity contribution in [3.8, 4) is 78.4 Å². The summed E-state index contributed by atoms with van der Waals surface area (Å²) in [6, 6.07) is 58.2. The SMILES string of the molecule is CC1(C)c2ccccc2-c2ccc(-c3cccc(-c4ccc(-c5cc(-c6ccc(-c7cccnc7)cc6)nc(-c6ccccc6)n5)cc4)c3)cc21. The first-order chi connectivity index (χ1) is 25.0. The third kappa shape index (κ3) is 5.63. The molecule has 0 radical (unpaired) electrons. The molecule has 8 aromatic rings. The quantitative estimate of drug-likeness (QED) is 0.179. The van der Waals surface area contributed by atoms with Crippen LogP contribution in [-0.2, 0) is 5.41 Å². The van der Waals surface area contributed by atoms with Crippen LogP contribution in [0.5, 0.6) is 0 Å². The standard InChI is InChI=1S/C48H35N3/c1-48(2)43-16-7-6-15-41(43)42-26-25-39(29-44(42)48)38-13-8-12-37(28-38)32-17-21-34(22-18-32)45-30-46(51-47(50-45)36-10-4-3-5-11-36)35-23-19-33(20-24-35)40-14-9-27-49-31-40/h3-31H,1-2H3. The molecule has 3 heteroatoms. The molecule has 0 N–H and O–H groups in total. The van der Waals surface area contributed by atoms with E-state index in [9.17, 15) is 0 Å². The van der Waals surface area contributed by atoms with Crippen molar-refractivity contribution in [1.82, 2.24) is 15.0 Å². The maximum absolute atomic E-state index is 5.06. The zero-order valence-electron chi connectivity index (χ0n) is 28.6. The lowest BCUT2D eigenvalue weighted by Crippen LogP contribution is -2.14. The number of pyridine rings is 1. The van der Waals surface area contributed by atoms with Gasteiger partial charge in [-0.2, -0.15) is 0 Å². The maximum atomic E-state index is 5.06. The minimum absolute atomic E-state index is 0.0278. The minimum atomic E-state index is -0.0278. The van der Waals surface area contributed by atoms with Crippen LogP contribution in [0, 0.1) is 0 Å². The summed E-state index contributed by atoms with van der Waals surface area (Å²) in [7, 11) is 0. The highest BCUT2D eigenvalue weighted by molar-refractivity contribution is 5.84. The molecule has 1 aliphatic rings. The normalized spacial score (nSPS) is 12.7. The van der Waals surface area contributed by atoms with Gasteiger partial charge in [0.2, 0.25) is 0 Å².